The Morgan fingerprint density at radius 2 is 2.43 bits per heavy atom. The summed E-state index contributed by atoms with van der Waals surface area (Å²) in [6.07, 6.45) is 0. The molecule has 1 heterocycles. The fraction of sp³-hybridized carbons (Fsp3) is 0.455. The molecule has 3 heteroatoms. The molecule has 0 saturated carbocycles. The van der Waals surface area contributed by atoms with Crippen LogP contribution >= 0.6 is 15.9 Å². The van der Waals surface area contributed by atoms with Gasteiger partial charge in [0.1, 0.15) is 5.75 Å². The van der Waals surface area contributed by atoms with Gasteiger partial charge >= 0.3 is 0 Å². The van der Waals surface area contributed by atoms with Crippen molar-refractivity contribution in [3.8, 4) is 5.75 Å². The van der Waals surface area contributed by atoms with E-state index in [2.05, 4.69) is 33.0 Å². The molecule has 1 aliphatic heterocycles. The summed E-state index contributed by atoms with van der Waals surface area (Å²) in [4.78, 5) is 2.43. The zero-order chi connectivity index (χ0) is 9.97. The largest absolute Gasteiger partial charge is 0.497 e. The quantitative estimate of drug-likeness (QED) is 0.605. The Hall–Kier alpha value is -0.540. The molecule has 1 aromatic rings. The minimum atomic E-state index is 0.737. The highest BCUT2D eigenvalue weighted by Crippen LogP contribution is 2.23. The molecule has 14 heavy (non-hydrogen) atoms. The van der Waals surface area contributed by atoms with Crippen LogP contribution in [0.15, 0.2) is 24.3 Å². The molecular formula is C11H14BrNO. The Bertz CT molecular complexity index is 316. The maximum Gasteiger partial charge on any atom is 0.119 e. The topological polar surface area (TPSA) is 12.2 Å². The first-order chi connectivity index (χ1) is 6.83. The van der Waals surface area contributed by atoms with Gasteiger partial charge in [0.2, 0.25) is 0 Å². The lowest BCUT2D eigenvalue weighted by atomic mass is 10.2. The van der Waals surface area contributed by atoms with Gasteiger partial charge in [-0.25, -0.2) is 0 Å². The van der Waals surface area contributed by atoms with Crippen LogP contribution in [-0.2, 0) is 6.54 Å². The summed E-state index contributed by atoms with van der Waals surface area (Å²) in [6, 6.07) is 9.01. The number of rotatable bonds is 4. The summed E-state index contributed by atoms with van der Waals surface area (Å²) in [5.74, 6) is 0.944. The molecule has 2 atom stereocenters. The molecule has 0 amide bonds. The number of ether oxygens (including phenoxy) is 1. The predicted octanol–water partition coefficient (Wildman–Crippen LogP) is 2.27. The van der Waals surface area contributed by atoms with Gasteiger partial charge in [-0.05, 0) is 17.7 Å². The van der Waals surface area contributed by atoms with E-state index in [9.17, 15) is 0 Å². The minimum absolute atomic E-state index is 0.737. The monoisotopic (exact) mass is 255 g/mol. The minimum Gasteiger partial charge on any atom is -0.497 e. The molecule has 0 aromatic heterocycles. The Kier molecular flexibility index (Phi) is 3.08. The summed E-state index contributed by atoms with van der Waals surface area (Å²) in [6.45, 7) is 2.25. The molecule has 1 saturated heterocycles. The third kappa shape index (κ3) is 2.28. The first-order valence-electron chi connectivity index (χ1n) is 4.76. The van der Waals surface area contributed by atoms with Crippen molar-refractivity contribution in [1.29, 1.82) is 0 Å². The van der Waals surface area contributed by atoms with Crippen molar-refractivity contribution in [2.24, 2.45) is 0 Å². The van der Waals surface area contributed by atoms with Crippen molar-refractivity contribution in [2.75, 3.05) is 19.0 Å². The van der Waals surface area contributed by atoms with Gasteiger partial charge < -0.3 is 4.74 Å². The predicted molar refractivity (Wildman–Crippen MR) is 61.0 cm³/mol. The van der Waals surface area contributed by atoms with Crippen LogP contribution in [0.2, 0.25) is 0 Å². The molecule has 0 aliphatic carbocycles. The van der Waals surface area contributed by atoms with Gasteiger partial charge in [-0.1, -0.05) is 28.1 Å². The van der Waals surface area contributed by atoms with Crippen molar-refractivity contribution in [2.45, 2.75) is 12.6 Å². The van der Waals surface area contributed by atoms with Crippen molar-refractivity contribution >= 4 is 15.9 Å². The first-order valence-corrected chi connectivity index (χ1v) is 5.88. The second kappa shape index (κ2) is 4.32. The van der Waals surface area contributed by atoms with Crippen LogP contribution in [0.4, 0.5) is 0 Å². The summed E-state index contributed by atoms with van der Waals surface area (Å²) in [5.41, 5.74) is 1.33. The zero-order valence-electron chi connectivity index (χ0n) is 8.24. The maximum absolute atomic E-state index is 5.18. The molecule has 1 unspecified atom stereocenters. The smallest absolute Gasteiger partial charge is 0.119 e. The summed E-state index contributed by atoms with van der Waals surface area (Å²) < 4.78 is 5.18. The molecule has 1 fully saturated rings. The lowest BCUT2D eigenvalue weighted by Gasteiger charge is -2.05. The Labute approximate surface area is 93.0 Å². The molecule has 1 aromatic carbocycles. The van der Waals surface area contributed by atoms with E-state index in [0.29, 0.717) is 0 Å². The molecular weight excluding hydrogens is 242 g/mol. The van der Waals surface area contributed by atoms with Crippen molar-refractivity contribution in [1.82, 2.24) is 4.90 Å². The second-order valence-electron chi connectivity index (χ2n) is 3.59. The van der Waals surface area contributed by atoms with Gasteiger partial charge in [0.15, 0.2) is 0 Å². The molecule has 2 nitrogen and oxygen atoms in total. The van der Waals surface area contributed by atoms with Crippen LogP contribution in [0, 0.1) is 0 Å². The maximum atomic E-state index is 5.18. The number of methoxy groups -OCH3 is 1. The standard InChI is InChI=1S/C11H14BrNO/c1-14-11-4-2-3-9(5-11)7-13-8-10(13)6-12/h2-5,10H,6-8H2,1H3/t10-,13?/m1/s1. The van der Waals surface area contributed by atoms with Crippen molar-refractivity contribution in [3.63, 3.8) is 0 Å². The van der Waals surface area contributed by atoms with Gasteiger partial charge in [0.25, 0.3) is 0 Å². The van der Waals surface area contributed by atoms with Crippen LogP contribution in [0.3, 0.4) is 0 Å². The number of halogens is 1. The second-order valence-corrected chi connectivity index (χ2v) is 4.24. The summed E-state index contributed by atoms with van der Waals surface area (Å²) in [7, 11) is 1.71. The van der Waals surface area contributed by atoms with E-state index in [1.54, 1.807) is 7.11 Å². The number of hydrogen-bond donors (Lipinski definition) is 0. The zero-order valence-corrected chi connectivity index (χ0v) is 9.83. The molecule has 76 valence electrons. The average Bonchev–Trinajstić information content (AvgIpc) is 2.97. The molecule has 0 spiro atoms. The van der Waals surface area contributed by atoms with Crippen LogP contribution in [0.1, 0.15) is 5.56 Å². The molecule has 0 N–H and O–H groups in total. The SMILES string of the molecule is COc1cccc(CN2C[C@H]2CBr)c1. The van der Waals surface area contributed by atoms with Crippen molar-refractivity contribution in [3.05, 3.63) is 29.8 Å². The first kappa shape index (κ1) is 9.99. The Morgan fingerprint density at radius 1 is 1.57 bits per heavy atom. The van der Waals surface area contributed by atoms with E-state index in [4.69, 9.17) is 4.74 Å². The Morgan fingerprint density at radius 3 is 3.07 bits per heavy atom. The van der Waals surface area contributed by atoms with Gasteiger partial charge in [-0.15, -0.1) is 0 Å². The van der Waals surface area contributed by atoms with E-state index < -0.39 is 0 Å². The van der Waals surface area contributed by atoms with Crippen LogP contribution < -0.4 is 4.74 Å². The van der Waals surface area contributed by atoms with Gasteiger partial charge in [0, 0.05) is 24.5 Å². The van der Waals surface area contributed by atoms with Crippen LogP contribution in [-0.4, -0.2) is 29.9 Å². The average molecular weight is 256 g/mol. The van der Waals surface area contributed by atoms with E-state index in [0.717, 1.165) is 23.7 Å². The summed E-state index contributed by atoms with van der Waals surface area (Å²) >= 11 is 3.49. The fourth-order valence-electron chi connectivity index (χ4n) is 1.57. The number of nitrogens with zero attached hydrogens (tertiary/aromatic N) is 1. The highest BCUT2D eigenvalue weighted by molar-refractivity contribution is 9.09. The number of alkyl halides is 1. The van der Waals surface area contributed by atoms with E-state index in [1.165, 1.54) is 12.1 Å². The van der Waals surface area contributed by atoms with Crippen molar-refractivity contribution < 1.29 is 4.74 Å². The third-order valence-corrected chi connectivity index (χ3v) is 3.27. The molecule has 1 aliphatic rings. The fourth-order valence-corrected chi connectivity index (χ4v) is 2.18. The van der Waals surface area contributed by atoms with Gasteiger partial charge in [-0.2, -0.15) is 0 Å². The lowest BCUT2D eigenvalue weighted by Crippen LogP contribution is -2.02. The van der Waals surface area contributed by atoms with E-state index in [-0.39, 0.29) is 0 Å². The van der Waals surface area contributed by atoms with E-state index in [1.807, 2.05) is 12.1 Å². The molecule has 0 radical (unpaired) electrons. The number of hydrogen-bond acceptors (Lipinski definition) is 2. The van der Waals surface area contributed by atoms with E-state index >= 15 is 0 Å². The lowest BCUT2D eigenvalue weighted by molar-refractivity contribution is 0.413. The highest BCUT2D eigenvalue weighted by Gasteiger charge is 2.32. The van der Waals surface area contributed by atoms with Crippen LogP contribution in [0.25, 0.3) is 0 Å². The highest BCUT2D eigenvalue weighted by atomic mass is 79.9. The normalized spacial score (nSPS) is 24.7. The van der Waals surface area contributed by atoms with Gasteiger partial charge in [-0.3, -0.25) is 4.90 Å². The van der Waals surface area contributed by atoms with Gasteiger partial charge in [0.05, 0.1) is 7.11 Å². The number of benzene rings is 1. The third-order valence-electron chi connectivity index (χ3n) is 2.53. The Balaban J connectivity index is 1.96. The molecule has 0 bridgehead atoms. The molecule has 2 rings (SSSR count). The van der Waals surface area contributed by atoms with Crippen LogP contribution in [0.5, 0.6) is 5.75 Å². The summed E-state index contributed by atoms with van der Waals surface area (Å²) in [5, 5.41) is 1.08.